The van der Waals surface area contributed by atoms with Crippen LogP contribution in [0.25, 0.3) is 0 Å². The van der Waals surface area contributed by atoms with Gasteiger partial charge in [0.1, 0.15) is 0 Å². The van der Waals surface area contributed by atoms with E-state index in [2.05, 4.69) is 0 Å². The van der Waals surface area contributed by atoms with Crippen molar-refractivity contribution in [2.45, 2.75) is 18.8 Å². The number of hydrogen-bond donors (Lipinski definition) is 0. The molecule has 1 aromatic carbocycles. The van der Waals surface area contributed by atoms with Crippen LogP contribution in [0.5, 0.6) is 0 Å². The zero-order valence-electron chi connectivity index (χ0n) is 9.55. The molecule has 0 aliphatic carbocycles. The number of nitrogens with zero attached hydrogens (tertiary/aromatic N) is 2. The maximum absolute atomic E-state index is 12.4. The number of halogens is 3. The summed E-state index contributed by atoms with van der Waals surface area (Å²) in [6.07, 6.45) is -6.72. The lowest BCUT2D eigenvalue weighted by molar-refractivity contribution is -0.555. The molecule has 1 heterocycles. The molecule has 5 nitrogen and oxygen atoms in total. The number of fused-ring (bicyclic) bond motifs is 1. The average Bonchev–Trinajstić information content (AvgIpc) is 2.35. The van der Waals surface area contributed by atoms with Crippen LogP contribution in [-0.2, 0) is 11.2 Å². The highest BCUT2D eigenvalue weighted by Crippen LogP contribution is 2.33. The predicted molar refractivity (Wildman–Crippen MR) is 57.6 cm³/mol. The number of amides is 1. The van der Waals surface area contributed by atoms with Crippen LogP contribution >= 0.6 is 0 Å². The van der Waals surface area contributed by atoms with Gasteiger partial charge < -0.3 is 0 Å². The van der Waals surface area contributed by atoms with Gasteiger partial charge in [0.2, 0.25) is 0 Å². The monoisotopic (exact) mass is 274 g/mol. The normalized spacial score (nSPS) is 18.9. The molecule has 19 heavy (non-hydrogen) atoms. The third kappa shape index (κ3) is 2.38. The lowest BCUT2D eigenvalue weighted by Crippen LogP contribution is -2.48. The van der Waals surface area contributed by atoms with Gasteiger partial charge in [0.15, 0.2) is 0 Å². The second-order valence-corrected chi connectivity index (χ2v) is 4.10. The molecule has 0 radical (unpaired) electrons. The van der Waals surface area contributed by atoms with Crippen molar-refractivity contribution >= 4 is 5.91 Å². The summed E-state index contributed by atoms with van der Waals surface area (Å²) in [5.41, 5.74) is 0.728. The van der Waals surface area contributed by atoms with Gasteiger partial charge >= 0.3 is 18.2 Å². The van der Waals surface area contributed by atoms with Gasteiger partial charge in [0, 0.05) is 6.54 Å². The van der Waals surface area contributed by atoms with E-state index in [9.17, 15) is 28.1 Å². The molecule has 0 spiro atoms. The molecule has 0 N–H and O–H groups in total. The average molecular weight is 274 g/mol. The second-order valence-electron chi connectivity index (χ2n) is 4.10. The minimum atomic E-state index is -5.11. The largest absolute Gasteiger partial charge is 0.471 e. The van der Waals surface area contributed by atoms with Gasteiger partial charge in [-0.05, 0) is 18.1 Å². The predicted octanol–water partition coefficient (Wildman–Crippen LogP) is 1.91. The van der Waals surface area contributed by atoms with E-state index in [1.165, 1.54) is 12.1 Å². The van der Waals surface area contributed by atoms with Crippen molar-refractivity contribution in [3.05, 3.63) is 45.5 Å². The molecule has 0 aromatic heterocycles. The zero-order chi connectivity index (χ0) is 14.2. The first-order chi connectivity index (χ1) is 8.82. The maximum atomic E-state index is 12.4. The van der Waals surface area contributed by atoms with E-state index >= 15 is 0 Å². The summed E-state index contributed by atoms with van der Waals surface area (Å²) >= 11 is 0. The molecule has 1 unspecified atom stereocenters. The van der Waals surface area contributed by atoms with E-state index in [0.29, 0.717) is 5.56 Å². The van der Waals surface area contributed by atoms with Gasteiger partial charge in [-0.25, -0.2) is 0 Å². The first-order valence-corrected chi connectivity index (χ1v) is 5.41. The molecule has 1 atom stereocenters. The summed E-state index contributed by atoms with van der Waals surface area (Å²) in [6.45, 7) is -0.318. The third-order valence-electron chi connectivity index (χ3n) is 2.95. The smallest absolute Gasteiger partial charge is 0.268 e. The summed E-state index contributed by atoms with van der Waals surface area (Å²) in [6, 6.07) is 6.13. The Hall–Kier alpha value is -2.12. The van der Waals surface area contributed by atoms with Gasteiger partial charge in [-0.2, -0.15) is 13.2 Å². The summed E-state index contributed by atoms with van der Waals surface area (Å²) < 4.78 is 37.3. The first-order valence-electron chi connectivity index (χ1n) is 5.41. The topological polar surface area (TPSA) is 63.5 Å². The van der Waals surface area contributed by atoms with Crippen LogP contribution in [0.1, 0.15) is 17.3 Å². The third-order valence-corrected chi connectivity index (χ3v) is 2.95. The van der Waals surface area contributed by atoms with Crippen LogP contribution in [0.15, 0.2) is 24.3 Å². The van der Waals surface area contributed by atoms with E-state index in [0.717, 1.165) is 0 Å². The van der Waals surface area contributed by atoms with Gasteiger partial charge in [-0.15, -0.1) is 0 Å². The van der Waals surface area contributed by atoms with E-state index in [-0.39, 0.29) is 23.4 Å². The van der Waals surface area contributed by atoms with Crippen LogP contribution in [0.4, 0.5) is 13.2 Å². The number of benzene rings is 1. The molecule has 0 bridgehead atoms. The number of hydrogen-bond acceptors (Lipinski definition) is 3. The van der Waals surface area contributed by atoms with Crippen molar-refractivity contribution in [3.8, 4) is 0 Å². The van der Waals surface area contributed by atoms with Crippen molar-refractivity contribution in [2.75, 3.05) is 6.54 Å². The highest BCUT2D eigenvalue weighted by atomic mass is 19.4. The Morgan fingerprint density at radius 3 is 2.58 bits per heavy atom. The number of nitro groups is 1. The number of rotatable bonds is 1. The van der Waals surface area contributed by atoms with E-state index in [1.54, 1.807) is 12.1 Å². The molecule has 0 saturated carbocycles. The highest BCUT2D eigenvalue weighted by Gasteiger charge is 2.49. The van der Waals surface area contributed by atoms with Crippen LogP contribution in [0.3, 0.4) is 0 Å². The highest BCUT2D eigenvalue weighted by molar-refractivity contribution is 5.82. The summed E-state index contributed by atoms with van der Waals surface area (Å²) in [5.74, 6) is -2.18. The Labute approximate surface area is 105 Å². The Bertz CT molecular complexity index is 530. The Balaban J connectivity index is 2.44. The molecule has 1 amide bonds. The van der Waals surface area contributed by atoms with Crippen molar-refractivity contribution < 1.29 is 22.9 Å². The zero-order valence-corrected chi connectivity index (χ0v) is 9.55. The molecule has 1 aromatic rings. The second kappa shape index (κ2) is 4.52. The van der Waals surface area contributed by atoms with Gasteiger partial charge in [0.25, 0.3) is 0 Å². The van der Waals surface area contributed by atoms with Crippen LogP contribution in [0.2, 0.25) is 0 Å². The quantitative estimate of drug-likeness (QED) is 0.580. The summed E-state index contributed by atoms with van der Waals surface area (Å²) in [4.78, 5) is 21.6. The molecule has 102 valence electrons. The van der Waals surface area contributed by atoms with Gasteiger partial charge in [-0.3, -0.25) is 19.8 Å². The van der Waals surface area contributed by atoms with Gasteiger partial charge in [-0.1, -0.05) is 18.2 Å². The minimum absolute atomic E-state index is 0.136. The fourth-order valence-corrected chi connectivity index (χ4v) is 2.15. The fraction of sp³-hybridized carbons (Fsp3) is 0.364. The fourth-order valence-electron chi connectivity index (χ4n) is 2.15. The van der Waals surface area contributed by atoms with E-state index in [4.69, 9.17) is 0 Å². The molecule has 0 saturated heterocycles. The number of carbonyl (C=O) groups is 1. The molecule has 1 aliphatic rings. The lowest BCUT2D eigenvalue weighted by Gasteiger charge is -2.31. The standard InChI is InChI=1S/C11H9F3N2O3/c12-11(13,14)10(17)15-6-5-7-3-1-2-4-8(7)9(15)16(18)19/h1-4,9H,5-6H2. The van der Waals surface area contributed by atoms with Crippen molar-refractivity contribution in [3.63, 3.8) is 0 Å². The maximum Gasteiger partial charge on any atom is 0.471 e. The molecular formula is C11H9F3N2O3. The van der Waals surface area contributed by atoms with Gasteiger partial charge in [0.05, 0.1) is 10.5 Å². The lowest BCUT2D eigenvalue weighted by atomic mass is 9.97. The minimum Gasteiger partial charge on any atom is -0.268 e. The molecule has 0 fully saturated rings. The Morgan fingerprint density at radius 2 is 2.00 bits per heavy atom. The van der Waals surface area contributed by atoms with Crippen LogP contribution < -0.4 is 0 Å². The number of alkyl halides is 3. The van der Waals surface area contributed by atoms with E-state index < -0.39 is 23.2 Å². The van der Waals surface area contributed by atoms with Crippen molar-refractivity contribution in [1.29, 1.82) is 0 Å². The Morgan fingerprint density at radius 1 is 1.37 bits per heavy atom. The molecule has 1 aliphatic heterocycles. The molecule has 2 rings (SSSR count). The first kappa shape index (κ1) is 13.3. The molecule has 8 heteroatoms. The van der Waals surface area contributed by atoms with Crippen molar-refractivity contribution in [2.24, 2.45) is 0 Å². The van der Waals surface area contributed by atoms with E-state index in [1.807, 2.05) is 0 Å². The number of carbonyl (C=O) groups excluding carboxylic acids is 1. The Kier molecular flexibility index (Phi) is 3.17. The van der Waals surface area contributed by atoms with Crippen LogP contribution in [-0.4, -0.2) is 28.5 Å². The summed E-state index contributed by atoms with van der Waals surface area (Å²) in [5, 5.41) is 11.0. The molecular weight excluding hydrogens is 265 g/mol. The SMILES string of the molecule is O=C(N1CCc2ccccc2C1[N+](=O)[O-])C(F)(F)F. The van der Waals surface area contributed by atoms with Crippen molar-refractivity contribution in [1.82, 2.24) is 4.90 Å². The van der Waals surface area contributed by atoms with Crippen LogP contribution in [0, 0.1) is 10.1 Å². The summed E-state index contributed by atoms with van der Waals surface area (Å²) in [7, 11) is 0.